The molecule has 1 aromatic rings. The molecule has 0 radical (unpaired) electrons. The standard InChI is InChI=1S/C16H19NO3/c18-15(9-16(19)20)17-14-8-11-6-12(14)7-13(11)10-4-2-1-3-5-10/h1-5,11-14H,6-9H2,(H,17,18)(H,19,20)/t11-,12-,13+,14-/m1/s1. The molecule has 20 heavy (non-hydrogen) atoms. The number of hydrogen-bond donors (Lipinski definition) is 2. The molecule has 2 aliphatic rings. The maximum atomic E-state index is 11.5. The number of aliphatic carboxylic acids is 1. The van der Waals surface area contributed by atoms with Crippen LogP contribution in [0.25, 0.3) is 0 Å². The van der Waals surface area contributed by atoms with E-state index in [0.29, 0.717) is 17.8 Å². The van der Waals surface area contributed by atoms with Gasteiger partial charge >= 0.3 is 5.97 Å². The summed E-state index contributed by atoms with van der Waals surface area (Å²) in [5.74, 6) is 0.313. The third-order valence-electron chi connectivity index (χ3n) is 4.74. The molecule has 4 heteroatoms. The van der Waals surface area contributed by atoms with E-state index in [1.807, 2.05) is 6.07 Å². The average molecular weight is 273 g/mol. The Morgan fingerprint density at radius 1 is 1.10 bits per heavy atom. The van der Waals surface area contributed by atoms with E-state index in [0.717, 1.165) is 19.3 Å². The number of rotatable bonds is 4. The molecule has 2 saturated carbocycles. The fourth-order valence-corrected chi connectivity index (χ4v) is 3.96. The van der Waals surface area contributed by atoms with Gasteiger partial charge in [-0.25, -0.2) is 0 Å². The molecule has 2 aliphatic carbocycles. The van der Waals surface area contributed by atoms with Crippen LogP contribution in [0.5, 0.6) is 0 Å². The Hall–Kier alpha value is -1.84. The highest BCUT2D eigenvalue weighted by Crippen LogP contribution is 2.52. The van der Waals surface area contributed by atoms with Crippen LogP contribution in [0.4, 0.5) is 0 Å². The molecule has 2 fully saturated rings. The van der Waals surface area contributed by atoms with Gasteiger partial charge < -0.3 is 10.4 Å². The number of benzene rings is 1. The van der Waals surface area contributed by atoms with Crippen molar-refractivity contribution in [1.29, 1.82) is 0 Å². The molecule has 4 nitrogen and oxygen atoms in total. The lowest BCUT2D eigenvalue weighted by Gasteiger charge is -2.28. The molecular formula is C16H19NO3. The predicted octanol–water partition coefficient (Wildman–Crippen LogP) is 2.16. The zero-order valence-electron chi connectivity index (χ0n) is 11.3. The van der Waals surface area contributed by atoms with E-state index >= 15 is 0 Å². The van der Waals surface area contributed by atoms with E-state index in [4.69, 9.17) is 5.11 Å². The van der Waals surface area contributed by atoms with Crippen LogP contribution in [-0.4, -0.2) is 23.0 Å². The second-order valence-electron chi connectivity index (χ2n) is 5.99. The lowest BCUT2D eigenvalue weighted by molar-refractivity contribution is -0.141. The van der Waals surface area contributed by atoms with Crippen LogP contribution in [0.2, 0.25) is 0 Å². The van der Waals surface area contributed by atoms with Crippen molar-refractivity contribution in [3.8, 4) is 0 Å². The second kappa shape index (κ2) is 5.27. The molecule has 2 N–H and O–H groups in total. The number of carbonyl (C=O) groups is 2. The second-order valence-corrected chi connectivity index (χ2v) is 5.99. The minimum Gasteiger partial charge on any atom is -0.481 e. The summed E-state index contributed by atoms with van der Waals surface area (Å²) in [4.78, 5) is 22.1. The molecule has 3 rings (SSSR count). The van der Waals surface area contributed by atoms with E-state index in [-0.39, 0.29) is 11.9 Å². The van der Waals surface area contributed by atoms with Gasteiger partial charge in [0.1, 0.15) is 6.42 Å². The fourth-order valence-electron chi connectivity index (χ4n) is 3.96. The summed E-state index contributed by atoms with van der Waals surface area (Å²) in [5.41, 5.74) is 1.40. The van der Waals surface area contributed by atoms with Gasteiger partial charge in [0.15, 0.2) is 0 Å². The van der Waals surface area contributed by atoms with Crippen LogP contribution >= 0.6 is 0 Å². The monoisotopic (exact) mass is 273 g/mol. The molecule has 0 unspecified atom stereocenters. The summed E-state index contributed by atoms with van der Waals surface area (Å²) in [6.45, 7) is 0. The number of carboxylic acids is 1. The highest BCUT2D eigenvalue weighted by atomic mass is 16.4. The molecule has 1 amide bonds. The Labute approximate surface area is 118 Å². The third kappa shape index (κ3) is 2.55. The Kier molecular flexibility index (Phi) is 3.47. The largest absolute Gasteiger partial charge is 0.481 e. The van der Waals surface area contributed by atoms with Crippen molar-refractivity contribution >= 4 is 11.9 Å². The Bertz CT molecular complexity index is 514. The fraction of sp³-hybridized carbons (Fsp3) is 0.500. The Morgan fingerprint density at radius 3 is 2.45 bits per heavy atom. The van der Waals surface area contributed by atoms with Crippen molar-refractivity contribution in [3.63, 3.8) is 0 Å². The number of amides is 1. The molecule has 0 aliphatic heterocycles. The van der Waals surface area contributed by atoms with Gasteiger partial charge in [0.25, 0.3) is 0 Å². The van der Waals surface area contributed by atoms with Crippen molar-refractivity contribution in [2.75, 3.05) is 0 Å². The zero-order valence-corrected chi connectivity index (χ0v) is 11.3. The number of nitrogens with one attached hydrogen (secondary N) is 1. The summed E-state index contributed by atoms with van der Waals surface area (Å²) < 4.78 is 0. The molecule has 1 aromatic carbocycles. The number of fused-ring (bicyclic) bond motifs is 2. The van der Waals surface area contributed by atoms with Crippen molar-refractivity contribution in [2.24, 2.45) is 11.8 Å². The van der Waals surface area contributed by atoms with Crippen LogP contribution in [0.1, 0.15) is 37.2 Å². The lowest BCUT2D eigenvalue weighted by atomic mass is 9.81. The van der Waals surface area contributed by atoms with Crippen molar-refractivity contribution < 1.29 is 14.7 Å². The summed E-state index contributed by atoms with van der Waals surface area (Å²) in [5, 5.41) is 11.5. The van der Waals surface area contributed by atoms with Crippen LogP contribution in [0.15, 0.2) is 30.3 Å². The van der Waals surface area contributed by atoms with Gasteiger partial charge in [-0.3, -0.25) is 9.59 Å². The van der Waals surface area contributed by atoms with E-state index in [2.05, 4.69) is 29.6 Å². The maximum Gasteiger partial charge on any atom is 0.312 e. The quantitative estimate of drug-likeness (QED) is 0.826. The topological polar surface area (TPSA) is 66.4 Å². The van der Waals surface area contributed by atoms with Gasteiger partial charge in [0.2, 0.25) is 5.91 Å². The molecule has 0 saturated heterocycles. The first kappa shape index (κ1) is 13.2. The molecule has 2 bridgehead atoms. The zero-order chi connectivity index (χ0) is 14.1. The van der Waals surface area contributed by atoms with E-state index in [1.54, 1.807) is 0 Å². The molecule has 4 atom stereocenters. The van der Waals surface area contributed by atoms with Crippen LogP contribution < -0.4 is 5.32 Å². The minimum absolute atomic E-state index is 0.173. The molecule has 0 heterocycles. The Balaban J connectivity index is 1.59. The van der Waals surface area contributed by atoms with Crippen LogP contribution in [0.3, 0.4) is 0 Å². The van der Waals surface area contributed by atoms with Gasteiger partial charge in [0, 0.05) is 6.04 Å². The lowest BCUT2D eigenvalue weighted by Crippen LogP contribution is -2.40. The van der Waals surface area contributed by atoms with Gasteiger partial charge in [-0.1, -0.05) is 30.3 Å². The average Bonchev–Trinajstić information content (AvgIpc) is 2.98. The smallest absolute Gasteiger partial charge is 0.312 e. The van der Waals surface area contributed by atoms with E-state index < -0.39 is 12.4 Å². The minimum atomic E-state index is -1.06. The third-order valence-corrected chi connectivity index (χ3v) is 4.74. The van der Waals surface area contributed by atoms with Gasteiger partial charge in [0.05, 0.1) is 0 Å². The number of carboxylic acid groups (broad SMARTS) is 1. The highest BCUT2D eigenvalue weighted by molar-refractivity contribution is 5.93. The molecule has 0 aromatic heterocycles. The SMILES string of the molecule is O=C(O)CC(=O)N[C@@H]1C[C@H]2C[C@@H]1C[C@H]2c1ccccc1. The van der Waals surface area contributed by atoms with Gasteiger partial charge in [-0.15, -0.1) is 0 Å². The summed E-state index contributed by atoms with van der Waals surface area (Å²) >= 11 is 0. The molecule has 106 valence electrons. The maximum absolute atomic E-state index is 11.5. The molecule has 0 spiro atoms. The summed E-state index contributed by atoms with van der Waals surface area (Å²) in [6, 6.07) is 10.7. The highest BCUT2D eigenvalue weighted by Gasteiger charge is 2.46. The van der Waals surface area contributed by atoms with E-state index in [9.17, 15) is 9.59 Å². The first-order valence-corrected chi connectivity index (χ1v) is 7.19. The van der Waals surface area contributed by atoms with Crippen molar-refractivity contribution in [2.45, 2.75) is 37.6 Å². The van der Waals surface area contributed by atoms with Crippen molar-refractivity contribution in [3.05, 3.63) is 35.9 Å². The first-order chi connectivity index (χ1) is 9.63. The van der Waals surface area contributed by atoms with Crippen molar-refractivity contribution in [1.82, 2.24) is 5.32 Å². The first-order valence-electron chi connectivity index (χ1n) is 7.19. The molecular weight excluding hydrogens is 254 g/mol. The summed E-state index contributed by atoms with van der Waals surface area (Å²) in [6.07, 6.45) is 2.82. The summed E-state index contributed by atoms with van der Waals surface area (Å²) in [7, 11) is 0. The van der Waals surface area contributed by atoms with E-state index in [1.165, 1.54) is 5.56 Å². The van der Waals surface area contributed by atoms with Crippen LogP contribution in [0, 0.1) is 11.8 Å². The van der Waals surface area contributed by atoms with Crippen LogP contribution in [-0.2, 0) is 9.59 Å². The van der Waals surface area contributed by atoms with Gasteiger partial charge in [-0.05, 0) is 42.6 Å². The normalized spacial score (nSPS) is 31.2. The number of carbonyl (C=O) groups excluding carboxylic acids is 1. The van der Waals surface area contributed by atoms with Gasteiger partial charge in [-0.2, -0.15) is 0 Å². The predicted molar refractivity (Wildman–Crippen MR) is 74.2 cm³/mol. The Morgan fingerprint density at radius 2 is 1.85 bits per heavy atom. The number of hydrogen-bond acceptors (Lipinski definition) is 2.